The van der Waals surface area contributed by atoms with Crippen molar-refractivity contribution in [2.75, 3.05) is 0 Å². The molecule has 6 heteroatoms. The lowest BCUT2D eigenvalue weighted by Gasteiger charge is -2.01. The normalized spacial score (nSPS) is 9.62. The molecule has 0 aliphatic carbocycles. The molecule has 0 heterocycles. The van der Waals surface area contributed by atoms with E-state index in [1.807, 2.05) is 0 Å². The van der Waals surface area contributed by atoms with Crippen molar-refractivity contribution in [3.63, 3.8) is 0 Å². The third-order valence-corrected chi connectivity index (χ3v) is 1.80. The summed E-state index contributed by atoms with van der Waals surface area (Å²) < 4.78 is 0. The number of phenols is 1. The number of hydrogen-bond acceptors (Lipinski definition) is 4. The zero-order valence-corrected chi connectivity index (χ0v) is 7.08. The van der Waals surface area contributed by atoms with Crippen LogP contribution in [0.15, 0.2) is 17.3 Å². The molecule has 3 N–H and O–H groups in total. The maximum absolute atomic E-state index is 10.7. The molecule has 1 amide bonds. The summed E-state index contributed by atoms with van der Waals surface area (Å²) in [4.78, 5) is 20.8. The van der Waals surface area contributed by atoms with Crippen LogP contribution in [-0.4, -0.2) is 11.0 Å². The molecule has 0 saturated carbocycles. The van der Waals surface area contributed by atoms with E-state index in [2.05, 4.69) is 5.18 Å². The summed E-state index contributed by atoms with van der Waals surface area (Å²) in [6.45, 7) is 0. The molecule has 5 nitrogen and oxygen atoms in total. The van der Waals surface area contributed by atoms with E-state index in [-0.39, 0.29) is 16.3 Å². The number of primary amides is 1. The first-order valence-electron chi connectivity index (χ1n) is 3.22. The fourth-order valence-corrected chi connectivity index (χ4v) is 0.946. The Labute approximate surface area is 78.1 Å². The van der Waals surface area contributed by atoms with Gasteiger partial charge in [0.1, 0.15) is 16.5 Å². The smallest absolute Gasteiger partial charge is 0.248 e. The van der Waals surface area contributed by atoms with Gasteiger partial charge >= 0.3 is 0 Å². The SMILES string of the molecule is NC(=O)c1cc(O)c(Cl)c(N=O)c1. The van der Waals surface area contributed by atoms with Gasteiger partial charge < -0.3 is 10.8 Å². The van der Waals surface area contributed by atoms with Crippen LogP contribution < -0.4 is 5.73 Å². The average Bonchev–Trinajstić information content (AvgIpc) is 2.09. The van der Waals surface area contributed by atoms with Crippen LogP contribution in [0.2, 0.25) is 5.02 Å². The van der Waals surface area contributed by atoms with E-state index in [0.717, 1.165) is 12.1 Å². The number of amides is 1. The molecule has 0 atom stereocenters. The van der Waals surface area contributed by atoms with Crippen molar-refractivity contribution in [1.82, 2.24) is 0 Å². The minimum Gasteiger partial charge on any atom is -0.506 e. The summed E-state index contributed by atoms with van der Waals surface area (Å²) in [5.74, 6) is -1.16. The Hall–Kier alpha value is -1.62. The number of nitroso groups, excluding NO2 is 1. The first-order chi connectivity index (χ1) is 6.06. The van der Waals surface area contributed by atoms with Crippen molar-refractivity contribution >= 4 is 23.2 Å². The van der Waals surface area contributed by atoms with Gasteiger partial charge in [0, 0.05) is 5.56 Å². The summed E-state index contributed by atoms with van der Waals surface area (Å²) in [5, 5.41) is 11.5. The molecule has 0 bridgehead atoms. The van der Waals surface area contributed by atoms with Crippen molar-refractivity contribution in [3.8, 4) is 5.75 Å². The molecule has 13 heavy (non-hydrogen) atoms. The topological polar surface area (TPSA) is 92.8 Å². The highest BCUT2D eigenvalue weighted by molar-refractivity contribution is 6.34. The van der Waals surface area contributed by atoms with Crippen LogP contribution in [0.25, 0.3) is 0 Å². The van der Waals surface area contributed by atoms with E-state index < -0.39 is 11.7 Å². The number of benzene rings is 1. The van der Waals surface area contributed by atoms with Crippen LogP contribution in [0, 0.1) is 4.91 Å². The van der Waals surface area contributed by atoms with Gasteiger partial charge in [-0.2, -0.15) is 0 Å². The van der Waals surface area contributed by atoms with Gasteiger partial charge in [-0.25, -0.2) is 0 Å². The van der Waals surface area contributed by atoms with Crippen molar-refractivity contribution in [2.45, 2.75) is 0 Å². The summed E-state index contributed by atoms with van der Waals surface area (Å²) in [6, 6.07) is 2.18. The molecular formula is C7H5ClN2O3. The predicted molar refractivity (Wildman–Crippen MR) is 47.1 cm³/mol. The Bertz CT molecular complexity index is 378. The largest absolute Gasteiger partial charge is 0.506 e. The number of nitrogens with two attached hydrogens (primary N) is 1. The number of carbonyl (C=O) groups excluding carboxylic acids is 1. The van der Waals surface area contributed by atoms with Gasteiger partial charge in [-0.1, -0.05) is 11.6 Å². The monoisotopic (exact) mass is 200 g/mol. The molecule has 1 rings (SSSR count). The number of aromatic hydroxyl groups is 1. The zero-order valence-electron chi connectivity index (χ0n) is 6.32. The molecule has 1 aromatic carbocycles. The molecule has 0 fully saturated rings. The van der Waals surface area contributed by atoms with E-state index in [9.17, 15) is 9.70 Å². The Kier molecular flexibility index (Phi) is 2.48. The van der Waals surface area contributed by atoms with Gasteiger partial charge in [0.15, 0.2) is 0 Å². The number of hydrogen-bond donors (Lipinski definition) is 2. The van der Waals surface area contributed by atoms with E-state index in [1.165, 1.54) is 0 Å². The van der Waals surface area contributed by atoms with Crippen molar-refractivity contribution in [3.05, 3.63) is 27.6 Å². The van der Waals surface area contributed by atoms with Gasteiger partial charge in [0.2, 0.25) is 5.91 Å². The highest BCUT2D eigenvalue weighted by Crippen LogP contribution is 2.34. The van der Waals surface area contributed by atoms with Gasteiger partial charge in [-0.3, -0.25) is 4.79 Å². The minimum absolute atomic E-state index is 0.0171. The van der Waals surface area contributed by atoms with E-state index in [1.54, 1.807) is 0 Å². The molecule has 0 aromatic heterocycles. The first-order valence-corrected chi connectivity index (χ1v) is 3.59. The average molecular weight is 201 g/mol. The third-order valence-electron chi connectivity index (χ3n) is 1.42. The van der Waals surface area contributed by atoms with E-state index >= 15 is 0 Å². The third kappa shape index (κ3) is 1.75. The highest BCUT2D eigenvalue weighted by atomic mass is 35.5. The summed E-state index contributed by atoms with van der Waals surface area (Å²) in [7, 11) is 0. The Morgan fingerprint density at radius 2 is 2.15 bits per heavy atom. The Morgan fingerprint density at radius 1 is 1.54 bits per heavy atom. The van der Waals surface area contributed by atoms with Crippen LogP contribution in [0.4, 0.5) is 5.69 Å². The summed E-state index contributed by atoms with van der Waals surface area (Å²) in [5.41, 5.74) is 4.69. The molecule has 0 spiro atoms. The molecule has 0 aliphatic heterocycles. The minimum atomic E-state index is -0.767. The quantitative estimate of drug-likeness (QED) is 0.709. The number of rotatable bonds is 2. The molecular weight excluding hydrogens is 196 g/mol. The second kappa shape index (κ2) is 3.40. The highest BCUT2D eigenvalue weighted by Gasteiger charge is 2.11. The van der Waals surface area contributed by atoms with Crippen LogP contribution in [-0.2, 0) is 0 Å². The maximum atomic E-state index is 10.7. The van der Waals surface area contributed by atoms with Gasteiger partial charge in [-0.15, -0.1) is 4.91 Å². The number of nitrogens with zero attached hydrogens (tertiary/aromatic N) is 1. The molecule has 0 unspecified atom stereocenters. The van der Waals surface area contributed by atoms with Gasteiger partial charge in [-0.05, 0) is 17.3 Å². The summed E-state index contributed by atoms with van der Waals surface area (Å²) in [6.07, 6.45) is 0. The Balaban J connectivity index is 3.38. The second-order valence-corrected chi connectivity index (χ2v) is 2.66. The van der Waals surface area contributed by atoms with Crippen molar-refractivity contribution in [1.29, 1.82) is 0 Å². The van der Waals surface area contributed by atoms with E-state index in [4.69, 9.17) is 22.4 Å². The standard InChI is InChI=1S/C7H5ClN2O3/c8-6-4(10-13)1-3(7(9)12)2-5(6)11/h1-2,11H,(H2,9,12). The van der Waals surface area contributed by atoms with Crippen molar-refractivity contribution in [2.24, 2.45) is 10.9 Å². The lowest BCUT2D eigenvalue weighted by atomic mass is 10.2. The molecule has 68 valence electrons. The molecule has 1 aromatic rings. The second-order valence-electron chi connectivity index (χ2n) is 2.28. The van der Waals surface area contributed by atoms with Crippen LogP contribution in [0.5, 0.6) is 5.75 Å². The van der Waals surface area contributed by atoms with Gasteiger partial charge in [0.25, 0.3) is 0 Å². The predicted octanol–water partition coefficient (Wildman–Crippen LogP) is 1.54. The Morgan fingerprint density at radius 3 is 2.62 bits per heavy atom. The van der Waals surface area contributed by atoms with E-state index in [0.29, 0.717) is 0 Å². The molecule has 0 aliphatic rings. The van der Waals surface area contributed by atoms with Gasteiger partial charge in [0.05, 0.1) is 0 Å². The zero-order chi connectivity index (χ0) is 10.0. The number of halogens is 1. The fourth-order valence-electron chi connectivity index (χ4n) is 0.803. The van der Waals surface area contributed by atoms with Crippen molar-refractivity contribution < 1.29 is 9.90 Å². The number of carbonyl (C=O) groups is 1. The lowest BCUT2D eigenvalue weighted by Crippen LogP contribution is -2.10. The molecule has 0 radical (unpaired) electrons. The first kappa shape index (κ1) is 9.47. The van der Waals surface area contributed by atoms with Crippen LogP contribution in [0.3, 0.4) is 0 Å². The fraction of sp³-hybridized carbons (Fsp3) is 0. The number of phenolic OH excluding ortho intramolecular Hbond substituents is 1. The maximum Gasteiger partial charge on any atom is 0.248 e. The lowest BCUT2D eigenvalue weighted by molar-refractivity contribution is 0.1000. The van der Waals surface area contributed by atoms with Crippen LogP contribution >= 0.6 is 11.6 Å². The summed E-state index contributed by atoms with van der Waals surface area (Å²) >= 11 is 5.47. The molecule has 0 saturated heterocycles. The van der Waals surface area contributed by atoms with Crippen LogP contribution in [0.1, 0.15) is 10.4 Å².